The number of nitrogens with zero attached hydrogens (tertiary/aromatic N) is 6. The van der Waals surface area contributed by atoms with E-state index in [1.807, 2.05) is 4.90 Å². The Hall–Kier alpha value is -3.40. The lowest BCUT2D eigenvalue weighted by Gasteiger charge is -2.35. The van der Waals surface area contributed by atoms with Crippen molar-refractivity contribution in [1.29, 1.82) is 0 Å². The number of aryl methyl sites for hydroxylation is 1. The Morgan fingerprint density at radius 3 is 2.48 bits per heavy atom. The van der Waals surface area contributed by atoms with Crippen LogP contribution in [0.3, 0.4) is 0 Å². The van der Waals surface area contributed by atoms with Crippen molar-refractivity contribution in [3.05, 3.63) is 63.4 Å². The van der Waals surface area contributed by atoms with Gasteiger partial charge in [-0.15, -0.1) is 11.3 Å². The molecule has 1 aliphatic heterocycles. The Balaban J connectivity index is 1.48. The van der Waals surface area contributed by atoms with Gasteiger partial charge in [0, 0.05) is 44.6 Å². The summed E-state index contributed by atoms with van der Waals surface area (Å²) in [6.07, 6.45) is 3.28. The van der Waals surface area contributed by atoms with Crippen molar-refractivity contribution in [3.63, 3.8) is 0 Å². The highest BCUT2D eigenvalue weighted by Gasteiger charge is 2.28. The number of amides is 1. The highest BCUT2D eigenvalue weighted by molar-refractivity contribution is 7.17. The molecular weight excluding hydrogens is 392 g/mol. The van der Waals surface area contributed by atoms with E-state index in [9.17, 15) is 14.9 Å². The Morgan fingerprint density at radius 1 is 1.10 bits per heavy atom. The standard InChI is InChI=1S/C19H18N6O3S/c1-13-16(29-18(22-13)17-20-7-4-8-21-17)19(26)24-11-9-23(10-12-24)14-5-2-3-6-15(14)25(27)28/h2-8H,9-12H2,1H3. The number of thiazole rings is 1. The molecule has 0 radical (unpaired) electrons. The van der Waals surface area contributed by atoms with Gasteiger partial charge < -0.3 is 9.80 Å². The van der Waals surface area contributed by atoms with Crippen LogP contribution < -0.4 is 4.90 Å². The summed E-state index contributed by atoms with van der Waals surface area (Å²) in [6, 6.07) is 8.41. The zero-order chi connectivity index (χ0) is 20.4. The Morgan fingerprint density at radius 2 is 1.79 bits per heavy atom. The van der Waals surface area contributed by atoms with E-state index in [-0.39, 0.29) is 16.5 Å². The maximum absolute atomic E-state index is 13.0. The second kappa shape index (κ2) is 7.92. The van der Waals surface area contributed by atoms with E-state index in [4.69, 9.17) is 0 Å². The van der Waals surface area contributed by atoms with Crippen molar-refractivity contribution >= 4 is 28.6 Å². The van der Waals surface area contributed by atoms with Crippen LogP contribution >= 0.6 is 11.3 Å². The Labute approximate surface area is 170 Å². The van der Waals surface area contributed by atoms with E-state index in [1.165, 1.54) is 17.4 Å². The normalized spacial score (nSPS) is 14.1. The van der Waals surface area contributed by atoms with Gasteiger partial charge in [0.05, 0.1) is 10.6 Å². The van der Waals surface area contributed by atoms with E-state index >= 15 is 0 Å². The number of hydrogen-bond acceptors (Lipinski definition) is 8. The average molecular weight is 410 g/mol. The van der Waals surface area contributed by atoms with Gasteiger partial charge in [-0.2, -0.15) is 0 Å². The first-order chi connectivity index (χ1) is 14.0. The molecule has 0 spiro atoms. The Kier molecular flexibility index (Phi) is 5.17. The molecule has 0 atom stereocenters. The van der Waals surface area contributed by atoms with Crippen molar-refractivity contribution < 1.29 is 9.72 Å². The molecular formula is C19H18N6O3S. The first kappa shape index (κ1) is 18.9. The minimum Gasteiger partial charge on any atom is -0.362 e. The van der Waals surface area contributed by atoms with Gasteiger partial charge in [0.25, 0.3) is 11.6 Å². The fraction of sp³-hybridized carbons (Fsp3) is 0.263. The lowest BCUT2D eigenvalue weighted by atomic mass is 10.2. The molecule has 0 N–H and O–H groups in total. The molecule has 0 bridgehead atoms. The number of para-hydroxylation sites is 2. The molecule has 1 saturated heterocycles. The summed E-state index contributed by atoms with van der Waals surface area (Å²) in [6.45, 7) is 3.84. The predicted octanol–water partition coefficient (Wildman–Crippen LogP) is 2.78. The van der Waals surface area contributed by atoms with Gasteiger partial charge in [0.1, 0.15) is 10.6 Å². The Bertz CT molecular complexity index is 1050. The number of carbonyl (C=O) groups excluding carboxylic acids is 1. The van der Waals surface area contributed by atoms with Gasteiger partial charge in [-0.05, 0) is 19.1 Å². The molecule has 1 aliphatic rings. The topological polar surface area (TPSA) is 105 Å². The lowest BCUT2D eigenvalue weighted by molar-refractivity contribution is -0.384. The van der Waals surface area contributed by atoms with Crippen molar-refractivity contribution in [2.75, 3.05) is 31.1 Å². The van der Waals surface area contributed by atoms with Crippen LogP contribution in [0.15, 0.2) is 42.7 Å². The van der Waals surface area contributed by atoms with Crippen molar-refractivity contribution in [2.24, 2.45) is 0 Å². The van der Waals surface area contributed by atoms with E-state index in [1.54, 1.807) is 48.5 Å². The first-order valence-electron chi connectivity index (χ1n) is 9.07. The van der Waals surface area contributed by atoms with E-state index < -0.39 is 0 Å². The summed E-state index contributed by atoms with van der Waals surface area (Å²) in [4.78, 5) is 41.0. The third-order valence-corrected chi connectivity index (χ3v) is 5.88. The number of benzene rings is 1. The third kappa shape index (κ3) is 3.79. The molecule has 148 valence electrons. The minimum absolute atomic E-state index is 0.0793. The van der Waals surface area contributed by atoms with E-state index in [2.05, 4.69) is 15.0 Å². The molecule has 0 unspecified atom stereocenters. The number of piperazine rings is 1. The molecule has 0 saturated carbocycles. The number of anilines is 1. The average Bonchev–Trinajstić information content (AvgIpc) is 3.15. The molecule has 3 aromatic rings. The van der Waals surface area contributed by atoms with Crippen LogP contribution in [0.5, 0.6) is 0 Å². The first-order valence-corrected chi connectivity index (χ1v) is 9.88. The van der Waals surface area contributed by atoms with Crippen molar-refractivity contribution in [2.45, 2.75) is 6.92 Å². The van der Waals surface area contributed by atoms with Crippen LogP contribution in [0.1, 0.15) is 15.4 Å². The van der Waals surface area contributed by atoms with Crippen molar-refractivity contribution in [1.82, 2.24) is 19.9 Å². The smallest absolute Gasteiger partial charge is 0.292 e. The molecule has 29 heavy (non-hydrogen) atoms. The fourth-order valence-electron chi connectivity index (χ4n) is 3.28. The van der Waals surface area contributed by atoms with Crippen LogP contribution in [-0.4, -0.2) is 56.9 Å². The van der Waals surface area contributed by atoms with E-state index in [0.717, 1.165) is 0 Å². The minimum atomic E-state index is -0.374. The van der Waals surface area contributed by atoms with Gasteiger partial charge in [0.2, 0.25) is 0 Å². The maximum atomic E-state index is 13.0. The van der Waals surface area contributed by atoms with Crippen molar-refractivity contribution in [3.8, 4) is 10.8 Å². The summed E-state index contributed by atoms with van der Waals surface area (Å²) in [5, 5.41) is 11.9. The molecule has 1 fully saturated rings. The number of nitro groups is 1. The zero-order valence-electron chi connectivity index (χ0n) is 15.7. The molecule has 0 aliphatic carbocycles. The van der Waals surface area contributed by atoms with Gasteiger partial charge in [-0.3, -0.25) is 14.9 Å². The number of nitro benzene ring substituents is 1. The number of hydrogen-bond donors (Lipinski definition) is 0. The molecule has 4 rings (SSSR count). The summed E-state index contributed by atoms with van der Waals surface area (Å²) < 4.78 is 0. The number of carbonyl (C=O) groups is 1. The van der Waals surface area contributed by atoms with Gasteiger partial charge in [-0.1, -0.05) is 12.1 Å². The quantitative estimate of drug-likeness (QED) is 0.481. The largest absolute Gasteiger partial charge is 0.362 e. The summed E-state index contributed by atoms with van der Waals surface area (Å²) >= 11 is 1.29. The maximum Gasteiger partial charge on any atom is 0.292 e. The van der Waals surface area contributed by atoms with Crippen LogP contribution in [0.4, 0.5) is 11.4 Å². The van der Waals surface area contributed by atoms with Crippen LogP contribution in [0.2, 0.25) is 0 Å². The zero-order valence-corrected chi connectivity index (χ0v) is 16.5. The van der Waals surface area contributed by atoms with Crippen LogP contribution in [-0.2, 0) is 0 Å². The SMILES string of the molecule is Cc1nc(-c2ncccn2)sc1C(=O)N1CCN(c2ccccc2[N+](=O)[O-])CC1. The van der Waals surface area contributed by atoms with Crippen LogP contribution in [0, 0.1) is 17.0 Å². The second-order valence-corrected chi connectivity index (χ2v) is 7.53. The predicted molar refractivity (Wildman–Crippen MR) is 109 cm³/mol. The summed E-state index contributed by atoms with van der Waals surface area (Å²) in [5.41, 5.74) is 1.32. The fourth-order valence-corrected chi connectivity index (χ4v) is 4.26. The molecule has 1 amide bonds. The lowest BCUT2D eigenvalue weighted by Crippen LogP contribution is -2.48. The third-order valence-electron chi connectivity index (χ3n) is 4.73. The van der Waals surface area contributed by atoms with E-state index in [0.29, 0.717) is 53.3 Å². The molecule has 1 aromatic carbocycles. The number of aromatic nitrogens is 3. The van der Waals surface area contributed by atoms with Crippen LogP contribution in [0.25, 0.3) is 10.8 Å². The molecule has 2 aromatic heterocycles. The number of rotatable bonds is 4. The van der Waals surface area contributed by atoms with Gasteiger partial charge in [0.15, 0.2) is 10.8 Å². The monoisotopic (exact) mass is 410 g/mol. The summed E-state index contributed by atoms with van der Waals surface area (Å²) in [5.74, 6) is 0.422. The summed E-state index contributed by atoms with van der Waals surface area (Å²) in [7, 11) is 0. The highest BCUT2D eigenvalue weighted by Crippen LogP contribution is 2.30. The molecule has 10 heteroatoms. The van der Waals surface area contributed by atoms with Gasteiger partial charge >= 0.3 is 0 Å². The molecule has 9 nitrogen and oxygen atoms in total. The van der Waals surface area contributed by atoms with Gasteiger partial charge in [-0.25, -0.2) is 15.0 Å². The molecule has 3 heterocycles. The highest BCUT2D eigenvalue weighted by atomic mass is 32.1. The second-order valence-electron chi connectivity index (χ2n) is 6.53.